The van der Waals surface area contributed by atoms with E-state index >= 15 is 0 Å². The Balaban J connectivity index is 2.45. The van der Waals surface area contributed by atoms with Crippen LogP contribution in [0.4, 0.5) is 0 Å². The van der Waals surface area contributed by atoms with E-state index in [4.69, 9.17) is 5.11 Å². The van der Waals surface area contributed by atoms with Gasteiger partial charge in [0.2, 0.25) is 0 Å². The molecule has 3 heteroatoms. The minimum atomic E-state index is -0.783. The van der Waals surface area contributed by atoms with E-state index in [1.165, 1.54) is 24.8 Å². The molecule has 1 saturated carbocycles. The normalized spacial score (nSPS) is 16.1. The summed E-state index contributed by atoms with van der Waals surface area (Å²) >= 11 is 0. The van der Waals surface area contributed by atoms with Crippen molar-refractivity contribution >= 4 is 12.3 Å². The van der Waals surface area contributed by atoms with Gasteiger partial charge in [0.1, 0.15) is 6.29 Å². The molecule has 0 aliphatic heterocycles. The van der Waals surface area contributed by atoms with Crippen LogP contribution in [-0.4, -0.2) is 17.4 Å². The standard InChI is InChI=1S/C12H18O3/c13-9-11(7-4-8-12(14)15)10-5-2-1-3-6-10/h9H,1-8H2,(H,14,15). The molecule has 1 fully saturated rings. The zero-order chi connectivity index (χ0) is 11.1. The number of aldehydes is 1. The maximum absolute atomic E-state index is 10.9. The van der Waals surface area contributed by atoms with Crippen molar-refractivity contribution in [3.63, 3.8) is 0 Å². The summed E-state index contributed by atoms with van der Waals surface area (Å²) in [5.41, 5.74) is 2.12. The number of hydrogen-bond donors (Lipinski definition) is 1. The summed E-state index contributed by atoms with van der Waals surface area (Å²) in [4.78, 5) is 21.2. The largest absolute Gasteiger partial charge is 0.481 e. The van der Waals surface area contributed by atoms with Gasteiger partial charge in [-0.05, 0) is 44.1 Å². The summed E-state index contributed by atoms with van der Waals surface area (Å²) in [6.07, 6.45) is 7.94. The number of carboxylic acids is 1. The lowest BCUT2D eigenvalue weighted by atomic mass is 9.89. The molecule has 0 unspecified atom stereocenters. The van der Waals surface area contributed by atoms with Gasteiger partial charge in [-0.3, -0.25) is 9.59 Å². The van der Waals surface area contributed by atoms with Gasteiger partial charge in [0.05, 0.1) is 0 Å². The third-order valence-corrected chi connectivity index (χ3v) is 2.89. The van der Waals surface area contributed by atoms with Gasteiger partial charge in [0.25, 0.3) is 0 Å². The Labute approximate surface area is 90.2 Å². The summed E-state index contributed by atoms with van der Waals surface area (Å²) in [5.74, 6) is -0.783. The summed E-state index contributed by atoms with van der Waals surface area (Å²) in [5, 5.41) is 8.51. The van der Waals surface area contributed by atoms with Crippen molar-refractivity contribution in [3.05, 3.63) is 11.1 Å². The van der Waals surface area contributed by atoms with Gasteiger partial charge in [-0.25, -0.2) is 0 Å². The van der Waals surface area contributed by atoms with Gasteiger partial charge in [0, 0.05) is 6.42 Å². The minimum Gasteiger partial charge on any atom is -0.481 e. The first-order valence-electron chi connectivity index (χ1n) is 5.62. The van der Waals surface area contributed by atoms with Crippen LogP contribution in [0.25, 0.3) is 0 Å². The first kappa shape index (κ1) is 12.0. The van der Waals surface area contributed by atoms with Crippen molar-refractivity contribution in [2.45, 2.75) is 51.4 Å². The van der Waals surface area contributed by atoms with Crippen LogP contribution in [0.3, 0.4) is 0 Å². The Kier molecular flexibility index (Phi) is 5.08. The fourth-order valence-corrected chi connectivity index (χ4v) is 2.05. The summed E-state index contributed by atoms with van der Waals surface area (Å²) < 4.78 is 0. The average Bonchev–Trinajstić information content (AvgIpc) is 2.25. The van der Waals surface area contributed by atoms with Crippen LogP contribution >= 0.6 is 0 Å². The van der Waals surface area contributed by atoms with Gasteiger partial charge in [-0.15, -0.1) is 0 Å². The second kappa shape index (κ2) is 6.38. The Bertz CT molecular complexity index is 258. The number of aliphatic carboxylic acids is 1. The molecule has 3 nitrogen and oxygen atoms in total. The number of rotatable bonds is 5. The predicted octanol–water partition coefficient (Wildman–Crippen LogP) is 2.70. The van der Waals surface area contributed by atoms with Crippen molar-refractivity contribution in [2.75, 3.05) is 0 Å². The summed E-state index contributed by atoms with van der Waals surface area (Å²) in [7, 11) is 0. The van der Waals surface area contributed by atoms with Gasteiger partial charge in [-0.1, -0.05) is 12.0 Å². The molecule has 1 N–H and O–H groups in total. The van der Waals surface area contributed by atoms with Gasteiger partial charge in [0.15, 0.2) is 0 Å². The smallest absolute Gasteiger partial charge is 0.303 e. The number of carboxylic acid groups (broad SMARTS) is 1. The monoisotopic (exact) mass is 210 g/mol. The maximum atomic E-state index is 10.9. The third kappa shape index (κ3) is 4.28. The molecule has 0 aromatic rings. The molecule has 0 atom stereocenters. The molecule has 1 rings (SSSR count). The Morgan fingerprint density at radius 1 is 1.20 bits per heavy atom. The number of carbonyl (C=O) groups excluding carboxylic acids is 1. The van der Waals surface area contributed by atoms with E-state index in [-0.39, 0.29) is 6.42 Å². The molecule has 0 amide bonds. The van der Waals surface area contributed by atoms with Crippen LogP contribution < -0.4 is 0 Å². The lowest BCUT2D eigenvalue weighted by Gasteiger charge is -2.16. The fraction of sp³-hybridized carbons (Fsp3) is 0.667. The van der Waals surface area contributed by atoms with Crippen molar-refractivity contribution in [2.24, 2.45) is 0 Å². The lowest BCUT2D eigenvalue weighted by Crippen LogP contribution is -2.01. The topological polar surface area (TPSA) is 54.4 Å². The molecule has 0 aromatic carbocycles. The number of allylic oxidation sites excluding steroid dienone is 2. The first-order chi connectivity index (χ1) is 7.24. The van der Waals surface area contributed by atoms with Crippen LogP contribution in [0.15, 0.2) is 11.1 Å². The molecule has 84 valence electrons. The van der Waals surface area contributed by atoms with E-state index in [0.717, 1.165) is 24.7 Å². The van der Waals surface area contributed by atoms with Crippen molar-refractivity contribution in [1.29, 1.82) is 0 Å². The van der Waals surface area contributed by atoms with Gasteiger partial charge < -0.3 is 5.11 Å². The Morgan fingerprint density at radius 2 is 1.87 bits per heavy atom. The Hall–Kier alpha value is -1.12. The molecule has 1 aliphatic carbocycles. The molecule has 0 saturated heterocycles. The molecule has 0 heterocycles. The fourth-order valence-electron chi connectivity index (χ4n) is 2.05. The first-order valence-corrected chi connectivity index (χ1v) is 5.62. The van der Waals surface area contributed by atoms with Crippen LogP contribution in [0.1, 0.15) is 51.4 Å². The van der Waals surface area contributed by atoms with Crippen LogP contribution in [-0.2, 0) is 9.59 Å². The molecular formula is C12H18O3. The van der Waals surface area contributed by atoms with E-state index in [1.54, 1.807) is 0 Å². The van der Waals surface area contributed by atoms with E-state index in [0.29, 0.717) is 12.8 Å². The summed E-state index contributed by atoms with van der Waals surface area (Å²) in [6.45, 7) is 0. The zero-order valence-corrected chi connectivity index (χ0v) is 9.00. The SMILES string of the molecule is O=CC(CCCC(=O)O)=C1CCCCC1. The molecule has 0 bridgehead atoms. The highest BCUT2D eigenvalue weighted by molar-refractivity contribution is 5.75. The number of carbonyl (C=O) groups is 2. The highest BCUT2D eigenvalue weighted by atomic mass is 16.4. The molecule has 0 aromatic heterocycles. The second-order valence-corrected chi connectivity index (χ2v) is 4.05. The maximum Gasteiger partial charge on any atom is 0.303 e. The highest BCUT2D eigenvalue weighted by Crippen LogP contribution is 2.26. The predicted molar refractivity (Wildman–Crippen MR) is 57.7 cm³/mol. The van der Waals surface area contributed by atoms with Crippen molar-refractivity contribution in [1.82, 2.24) is 0 Å². The van der Waals surface area contributed by atoms with Crippen molar-refractivity contribution in [3.8, 4) is 0 Å². The second-order valence-electron chi connectivity index (χ2n) is 4.05. The zero-order valence-electron chi connectivity index (χ0n) is 9.00. The molecule has 0 spiro atoms. The Morgan fingerprint density at radius 3 is 2.40 bits per heavy atom. The highest BCUT2D eigenvalue weighted by Gasteiger charge is 2.11. The van der Waals surface area contributed by atoms with Gasteiger partial charge >= 0.3 is 5.97 Å². The van der Waals surface area contributed by atoms with E-state index < -0.39 is 5.97 Å². The summed E-state index contributed by atoms with van der Waals surface area (Å²) in [6, 6.07) is 0. The van der Waals surface area contributed by atoms with Crippen LogP contribution in [0.5, 0.6) is 0 Å². The van der Waals surface area contributed by atoms with Gasteiger partial charge in [-0.2, -0.15) is 0 Å². The molecule has 15 heavy (non-hydrogen) atoms. The molecular weight excluding hydrogens is 192 g/mol. The lowest BCUT2D eigenvalue weighted by molar-refractivity contribution is -0.137. The third-order valence-electron chi connectivity index (χ3n) is 2.89. The van der Waals surface area contributed by atoms with E-state index in [1.807, 2.05) is 0 Å². The minimum absolute atomic E-state index is 0.157. The molecule has 0 radical (unpaired) electrons. The quantitative estimate of drug-likeness (QED) is 0.560. The van der Waals surface area contributed by atoms with E-state index in [2.05, 4.69) is 0 Å². The number of hydrogen-bond acceptors (Lipinski definition) is 2. The average molecular weight is 210 g/mol. The molecule has 1 aliphatic rings. The van der Waals surface area contributed by atoms with Crippen LogP contribution in [0, 0.1) is 0 Å². The van der Waals surface area contributed by atoms with Crippen LogP contribution in [0.2, 0.25) is 0 Å². The van der Waals surface area contributed by atoms with E-state index in [9.17, 15) is 9.59 Å². The van der Waals surface area contributed by atoms with Crippen molar-refractivity contribution < 1.29 is 14.7 Å².